The molecule has 25 heavy (non-hydrogen) atoms. The minimum Gasteiger partial charge on any atom is -0.341 e. The molecule has 130 valence electrons. The van der Waals surface area contributed by atoms with Crippen molar-refractivity contribution < 1.29 is 4.79 Å². The summed E-state index contributed by atoms with van der Waals surface area (Å²) >= 11 is 0. The van der Waals surface area contributed by atoms with Crippen LogP contribution in [0.3, 0.4) is 0 Å². The second-order valence-corrected chi connectivity index (χ2v) is 6.73. The number of carbonyl (C=O) groups is 1. The first-order valence-corrected chi connectivity index (χ1v) is 8.53. The van der Waals surface area contributed by atoms with Crippen LogP contribution in [0.2, 0.25) is 0 Å². The van der Waals surface area contributed by atoms with Crippen molar-refractivity contribution in [2.45, 2.75) is 33.2 Å². The standard InChI is InChI=1S/C17H20N6O2/c1-11-5-4-8-21(9-11)14(24)10-22-13-6-3-7-18-15(13)23-12(2)19-20-16(23)17(22)25/h3,6-7,11H,4-5,8-10H2,1-2H3/t11-/m1/s1. The molecule has 0 radical (unpaired) electrons. The largest absolute Gasteiger partial charge is 0.341 e. The quantitative estimate of drug-likeness (QED) is 0.695. The average molecular weight is 340 g/mol. The fraction of sp³-hybridized carbons (Fsp3) is 0.471. The summed E-state index contributed by atoms with van der Waals surface area (Å²) in [5.74, 6) is 1.05. The van der Waals surface area contributed by atoms with Crippen LogP contribution >= 0.6 is 0 Å². The van der Waals surface area contributed by atoms with E-state index >= 15 is 0 Å². The molecule has 1 saturated heterocycles. The number of fused-ring (bicyclic) bond motifs is 3. The third kappa shape index (κ3) is 2.57. The van der Waals surface area contributed by atoms with Crippen LogP contribution in [0.4, 0.5) is 0 Å². The van der Waals surface area contributed by atoms with Crippen molar-refractivity contribution in [1.29, 1.82) is 0 Å². The van der Waals surface area contributed by atoms with Crippen molar-refractivity contribution in [2.24, 2.45) is 5.92 Å². The number of likely N-dealkylation sites (tertiary alicyclic amines) is 1. The van der Waals surface area contributed by atoms with E-state index in [4.69, 9.17) is 0 Å². The maximum atomic E-state index is 12.9. The molecule has 1 aliphatic rings. The highest BCUT2D eigenvalue weighted by Gasteiger charge is 2.23. The van der Waals surface area contributed by atoms with Gasteiger partial charge in [0.25, 0.3) is 5.56 Å². The van der Waals surface area contributed by atoms with E-state index in [1.54, 1.807) is 29.7 Å². The Hall–Kier alpha value is -2.77. The van der Waals surface area contributed by atoms with Crippen LogP contribution in [-0.2, 0) is 11.3 Å². The van der Waals surface area contributed by atoms with Gasteiger partial charge in [0.2, 0.25) is 11.6 Å². The maximum absolute atomic E-state index is 12.9. The van der Waals surface area contributed by atoms with Crippen molar-refractivity contribution >= 4 is 22.7 Å². The zero-order valence-electron chi connectivity index (χ0n) is 14.3. The normalized spacial score (nSPS) is 18.2. The number of rotatable bonds is 2. The summed E-state index contributed by atoms with van der Waals surface area (Å²) in [6.07, 6.45) is 3.80. The first-order chi connectivity index (χ1) is 12.1. The molecule has 8 heteroatoms. The van der Waals surface area contributed by atoms with E-state index < -0.39 is 0 Å². The minimum absolute atomic E-state index is 0.00382. The molecule has 0 N–H and O–H groups in total. The molecule has 1 aliphatic heterocycles. The average Bonchev–Trinajstić information content (AvgIpc) is 3.00. The van der Waals surface area contributed by atoms with E-state index in [1.807, 2.05) is 4.90 Å². The summed E-state index contributed by atoms with van der Waals surface area (Å²) in [6, 6.07) is 3.56. The fourth-order valence-corrected chi connectivity index (χ4v) is 3.56. The highest BCUT2D eigenvalue weighted by atomic mass is 16.2. The Balaban J connectivity index is 1.82. The third-order valence-electron chi connectivity index (χ3n) is 4.83. The number of aromatic nitrogens is 5. The zero-order valence-corrected chi connectivity index (χ0v) is 14.3. The summed E-state index contributed by atoms with van der Waals surface area (Å²) in [5.41, 5.74) is 1.07. The number of nitrogens with zero attached hydrogens (tertiary/aromatic N) is 6. The molecule has 1 amide bonds. The van der Waals surface area contributed by atoms with Gasteiger partial charge in [0, 0.05) is 19.3 Å². The molecular formula is C17H20N6O2. The number of hydrogen-bond donors (Lipinski definition) is 0. The molecule has 0 aromatic carbocycles. The number of hydrogen-bond acceptors (Lipinski definition) is 5. The van der Waals surface area contributed by atoms with Gasteiger partial charge in [-0.25, -0.2) is 4.98 Å². The van der Waals surface area contributed by atoms with Gasteiger partial charge in [-0.15, -0.1) is 10.2 Å². The molecule has 0 spiro atoms. The first kappa shape index (κ1) is 15.7. The van der Waals surface area contributed by atoms with Crippen molar-refractivity contribution in [3.63, 3.8) is 0 Å². The summed E-state index contributed by atoms with van der Waals surface area (Å²) in [4.78, 5) is 31.9. The summed E-state index contributed by atoms with van der Waals surface area (Å²) < 4.78 is 3.11. The second-order valence-electron chi connectivity index (χ2n) is 6.73. The van der Waals surface area contributed by atoms with E-state index in [9.17, 15) is 9.59 Å². The SMILES string of the molecule is Cc1nnc2c(=O)n(CC(=O)N3CCC[C@@H](C)C3)c3cccnc3n12. The van der Waals surface area contributed by atoms with Crippen molar-refractivity contribution in [1.82, 2.24) is 29.0 Å². The summed E-state index contributed by atoms with van der Waals surface area (Å²) in [6.45, 7) is 5.42. The van der Waals surface area contributed by atoms with Gasteiger partial charge >= 0.3 is 0 Å². The van der Waals surface area contributed by atoms with Crippen LogP contribution in [0.1, 0.15) is 25.6 Å². The number of aryl methyl sites for hydroxylation is 1. The van der Waals surface area contributed by atoms with Crippen LogP contribution < -0.4 is 5.56 Å². The van der Waals surface area contributed by atoms with Gasteiger partial charge in [-0.2, -0.15) is 0 Å². The number of amides is 1. The molecule has 4 rings (SSSR count). The Morgan fingerprint density at radius 1 is 1.32 bits per heavy atom. The Morgan fingerprint density at radius 2 is 2.16 bits per heavy atom. The highest BCUT2D eigenvalue weighted by Crippen LogP contribution is 2.17. The van der Waals surface area contributed by atoms with Gasteiger partial charge in [-0.3, -0.25) is 18.6 Å². The fourth-order valence-electron chi connectivity index (χ4n) is 3.56. The van der Waals surface area contributed by atoms with E-state index in [0.717, 1.165) is 25.9 Å². The van der Waals surface area contributed by atoms with Gasteiger partial charge in [-0.05, 0) is 37.8 Å². The number of piperidine rings is 1. The molecule has 0 bridgehead atoms. The van der Waals surface area contributed by atoms with E-state index in [0.29, 0.717) is 22.9 Å². The predicted octanol–water partition coefficient (Wildman–Crippen LogP) is 1.01. The van der Waals surface area contributed by atoms with Gasteiger partial charge in [0.05, 0.1) is 5.52 Å². The van der Waals surface area contributed by atoms with Crippen LogP contribution in [-0.4, -0.2) is 48.0 Å². The second kappa shape index (κ2) is 5.94. The Labute approximate surface area is 144 Å². The van der Waals surface area contributed by atoms with Gasteiger partial charge < -0.3 is 4.90 Å². The first-order valence-electron chi connectivity index (χ1n) is 8.53. The van der Waals surface area contributed by atoms with E-state index in [-0.39, 0.29) is 23.7 Å². The number of carbonyl (C=O) groups excluding carboxylic acids is 1. The topological polar surface area (TPSA) is 85.4 Å². The number of pyridine rings is 1. The van der Waals surface area contributed by atoms with Gasteiger partial charge in [0.15, 0.2) is 5.65 Å². The van der Waals surface area contributed by atoms with Crippen molar-refractivity contribution in [2.75, 3.05) is 13.1 Å². The minimum atomic E-state index is -0.320. The van der Waals surface area contributed by atoms with Crippen LogP contribution in [0.5, 0.6) is 0 Å². The van der Waals surface area contributed by atoms with Crippen LogP contribution in [0.15, 0.2) is 23.1 Å². The van der Waals surface area contributed by atoms with Crippen LogP contribution in [0, 0.1) is 12.8 Å². The van der Waals surface area contributed by atoms with Gasteiger partial charge in [0.1, 0.15) is 12.4 Å². The molecule has 0 saturated carbocycles. The maximum Gasteiger partial charge on any atom is 0.297 e. The van der Waals surface area contributed by atoms with Crippen molar-refractivity contribution in [3.05, 3.63) is 34.5 Å². The lowest BCUT2D eigenvalue weighted by molar-refractivity contribution is -0.133. The summed E-state index contributed by atoms with van der Waals surface area (Å²) in [7, 11) is 0. The Bertz CT molecular complexity index is 1020. The Kier molecular flexibility index (Phi) is 3.74. The van der Waals surface area contributed by atoms with Gasteiger partial charge in [-0.1, -0.05) is 6.92 Å². The van der Waals surface area contributed by atoms with Crippen molar-refractivity contribution in [3.8, 4) is 0 Å². The molecule has 0 aliphatic carbocycles. The molecule has 0 unspecified atom stereocenters. The lowest BCUT2D eigenvalue weighted by atomic mass is 10.0. The lowest BCUT2D eigenvalue weighted by Gasteiger charge is -2.31. The molecule has 1 atom stereocenters. The van der Waals surface area contributed by atoms with Crippen LogP contribution in [0.25, 0.3) is 16.8 Å². The van der Waals surface area contributed by atoms with E-state index in [1.165, 1.54) is 4.57 Å². The smallest absolute Gasteiger partial charge is 0.297 e. The predicted molar refractivity (Wildman–Crippen MR) is 92.3 cm³/mol. The molecule has 4 heterocycles. The zero-order chi connectivity index (χ0) is 17.6. The monoisotopic (exact) mass is 340 g/mol. The molecule has 8 nitrogen and oxygen atoms in total. The molecule has 3 aromatic rings. The summed E-state index contributed by atoms with van der Waals surface area (Å²) in [5, 5.41) is 7.97. The third-order valence-corrected chi connectivity index (χ3v) is 4.83. The molecule has 3 aromatic heterocycles. The lowest BCUT2D eigenvalue weighted by Crippen LogP contribution is -2.42. The highest BCUT2D eigenvalue weighted by molar-refractivity contribution is 5.80. The Morgan fingerprint density at radius 3 is 2.96 bits per heavy atom. The molecule has 1 fully saturated rings. The van der Waals surface area contributed by atoms with E-state index in [2.05, 4.69) is 22.1 Å². The molecular weight excluding hydrogens is 320 g/mol.